The summed E-state index contributed by atoms with van der Waals surface area (Å²) in [4.78, 5) is 0. The first kappa shape index (κ1) is 11.5. The van der Waals surface area contributed by atoms with Crippen molar-refractivity contribution in [3.05, 3.63) is 24.3 Å². The quantitative estimate of drug-likeness (QED) is 0.406. The van der Waals surface area contributed by atoms with Crippen molar-refractivity contribution in [2.75, 3.05) is 11.5 Å². The lowest BCUT2D eigenvalue weighted by atomic mass is 10.3. The van der Waals surface area contributed by atoms with Crippen molar-refractivity contribution in [1.29, 1.82) is 0 Å². The minimum atomic E-state index is 0. The second-order valence-electron chi connectivity index (χ2n) is 1.67. The molecule has 0 amide bonds. The summed E-state index contributed by atoms with van der Waals surface area (Å²) < 4.78 is 0. The highest BCUT2D eigenvalue weighted by molar-refractivity contribution is 5.50. The highest BCUT2D eigenvalue weighted by atomic mass is 14.6. The molecule has 0 aliphatic heterocycles. The molecule has 1 rings (SSSR count). The van der Waals surface area contributed by atoms with Crippen molar-refractivity contribution in [2.24, 2.45) is 0 Å². The minimum Gasteiger partial charge on any atom is -0.399 e. The summed E-state index contributed by atoms with van der Waals surface area (Å²) in [6, 6.07) is 7.15. The van der Waals surface area contributed by atoms with Gasteiger partial charge in [-0.15, -0.1) is 0 Å². The molecule has 0 heterocycles. The molecule has 0 aliphatic rings. The average Bonchev–Trinajstić information content (AvgIpc) is 1.64. The van der Waals surface area contributed by atoms with Gasteiger partial charge in [0.05, 0.1) is 0 Å². The van der Waals surface area contributed by atoms with Crippen molar-refractivity contribution >= 4 is 11.4 Å². The van der Waals surface area contributed by atoms with Crippen molar-refractivity contribution in [3.63, 3.8) is 0 Å². The summed E-state index contributed by atoms with van der Waals surface area (Å²) in [7, 11) is 0. The third kappa shape index (κ3) is 2.91. The van der Waals surface area contributed by atoms with Gasteiger partial charge in [0.15, 0.2) is 0 Å². The van der Waals surface area contributed by atoms with Crippen LogP contribution in [0.1, 0.15) is 0 Å². The molecule has 1 aromatic carbocycles. The lowest BCUT2D eigenvalue weighted by Crippen LogP contribution is -1.87. The van der Waals surface area contributed by atoms with Crippen LogP contribution in [0.2, 0.25) is 0 Å². The molecule has 1 aromatic rings. The van der Waals surface area contributed by atoms with Crippen molar-refractivity contribution in [3.8, 4) is 0 Å². The van der Waals surface area contributed by atoms with Gasteiger partial charge in [0, 0.05) is 11.4 Å². The molecule has 0 unspecified atom stereocenters. The van der Waals surface area contributed by atoms with Gasteiger partial charge in [-0.3, -0.25) is 0 Å². The molecule has 0 aliphatic carbocycles. The Hall–Kier alpha value is -1.26. The molecule has 0 aromatic heterocycles. The number of nitrogens with two attached hydrogens (primary N) is 2. The first-order valence-corrected chi connectivity index (χ1v) is 2.40. The highest BCUT2D eigenvalue weighted by Crippen LogP contribution is 2.06. The topological polar surface area (TPSA) is 122 Å². The van der Waals surface area contributed by atoms with Crippen LogP contribution in [0.4, 0.5) is 11.4 Å². The van der Waals surface area contributed by atoms with Gasteiger partial charge in [-0.1, -0.05) is 6.07 Å². The van der Waals surface area contributed by atoms with Crippen molar-refractivity contribution in [1.82, 2.24) is 12.3 Å². The third-order valence-electron chi connectivity index (χ3n) is 0.911. The number of hydrogen-bond donors (Lipinski definition) is 4. The van der Waals surface area contributed by atoms with Crippen LogP contribution >= 0.6 is 0 Å². The Kier molecular flexibility index (Phi) is 5.31. The molecule has 4 heteroatoms. The van der Waals surface area contributed by atoms with Crippen LogP contribution in [0.5, 0.6) is 0 Å². The molecular formula is C6H14N4. The molecule has 0 spiro atoms. The normalized spacial score (nSPS) is 7.20. The zero-order valence-corrected chi connectivity index (χ0v) is 5.88. The van der Waals surface area contributed by atoms with E-state index in [1.54, 1.807) is 18.2 Å². The standard InChI is InChI=1S/C6H8N2.2H3N/c7-5-2-1-3-6(8)4-5;;/h1-4H,7-8H2;2*1H3. The zero-order chi connectivity index (χ0) is 5.98. The summed E-state index contributed by atoms with van der Waals surface area (Å²) in [6.45, 7) is 0. The van der Waals surface area contributed by atoms with Crippen LogP contribution in [0.3, 0.4) is 0 Å². The van der Waals surface area contributed by atoms with E-state index in [4.69, 9.17) is 11.5 Å². The smallest absolute Gasteiger partial charge is 0.0334 e. The van der Waals surface area contributed by atoms with Gasteiger partial charge in [-0.25, -0.2) is 0 Å². The van der Waals surface area contributed by atoms with E-state index in [0.29, 0.717) is 11.4 Å². The van der Waals surface area contributed by atoms with Crippen LogP contribution < -0.4 is 23.8 Å². The molecule has 0 radical (unpaired) electrons. The molecule has 0 bridgehead atoms. The van der Waals surface area contributed by atoms with Gasteiger partial charge in [-0.05, 0) is 18.2 Å². The van der Waals surface area contributed by atoms with Crippen LogP contribution in [-0.4, -0.2) is 0 Å². The van der Waals surface area contributed by atoms with Gasteiger partial charge in [-0.2, -0.15) is 0 Å². The summed E-state index contributed by atoms with van der Waals surface area (Å²) in [5, 5.41) is 0. The van der Waals surface area contributed by atoms with E-state index < -0.39 is 0 Å². The third-order valence-corrected chi connectivity index (χ3v) is 0.911. The summed E-state index contributed by atoms with van der Waals surface area (Å²) in [5.41, 5.74) is 12.2. The number of benzene rings is 1. The molecule has 4 nitrogen and oxygen atoms in total. The van der Waals surface area contributed by atoms with Gasteiger partial charge in [0.25, 0.3) is 0 Å². The lowest BCUT2D eigenvalue weighted by molar-refractivity contribution is 1.67. The Labute approximate surface area is 60.4 Å². The fourth-order valence-electron chi connectivity index (χ4n) is 0.559. The summed E-state index contributed by atoms with van der Waals surface area (Å²) in [6.07, 6.45) is 0. The number of rotatable bonds is 0. The maximum atomic E-state index is 5.38. The molecule has 58 valence electrons. The van der Waals surface area contributed by atoms with E-state index in [0.717, 1.165) is 0 Å². The van der Waals surface area contributed by atoms with Crippen LogP contribution in [0, 0.1) is 0 Å². The predicted octanol–water partition coefficient (Wildman–Crippen LogP) is 1.17. The van der Waals surface area contributed by atoms with E-state index in [9.17, 15) is 0 Å². The van der Waals surface area contributed by atoms with Gasteiger partial charge in [0.2, 0.25) is 0 Å². The Morgan fingerprint density at radius 1 is 0.900 bits per heavy atom. The molecule has 0 saturated heterocycles. The van der Waals surface area contributed by atoms with E-state index in [1.807, 2.05) is 6.07 Å². The number of nitrogen functional groups attached to an aromatic ring is 2. The molecule has 0 atom stereocenters. The largest absolute Gasteiger partial charge is 0.399 e. The maximum Gasteiger partial charge on any atom is 0.0334 e. The van der Waals surface area contributed by atoms with Crippen LogP contribution in [0.25, 0.3) is 0 Å². The van der Waals surface area contributed by atoms with Crippen LogP contribution in [0.15, 0.2) is 24.3 Å². The van der Waals surface area contributed by atoms with Gasteiger partial charge >= 0.3 is 0 Å². The molecule has 0 saturated carbocycles. The monoisotopic (exact) mass is 142 g/mol. The number of anilines is 2. The summed E-state index contributed by atoms with van der Waals surface area (Å²) in [5.74, 6) is 0. The molecule has 10 heavy (non-hydrogen) atoms. The van der Waals surface area contributed by atoms with Crippen molar-refractivity contribution in [2.45, 2.75) is 0 Å². The van der Waals surface area contributed by atoms with Crippen molar-refractivity contribution < 1.29 is 0 Å². The average molecular weight is 142 g/mol. The predicted molar refractivity (Wildman–Crippen MR) is 45.3 cm³/mol. The van der Waals surface area contributed by atoms with E-state index >= 15 is 0 Å². The Morgan fingerprint density at radius 3 is 1.50 bits per heavy atom. The SMILES string of the molecule is N.N.Nc1cccc(N)c1. The highest BCUT2D eigenvalue weighted by Gasteiger charge is 1.81. The maximum absolute atomic E-state index is 5.38. The van der Waals surface area contributed by atoms with E-state index in [-0.39, 0.29) is 12.3 Å². The van der Waals surface area contributed by atoms with E-state index in [1.165, 1.54) is 0 Å². The van der Waals surface area contributed by atoms with Crippen LogP contribution in [-0.2, 0) is 0 Å². The van der Waals surface area contributed by atoms with Gasteiger partial charge < -0.3 is 23.8 Å². The van der Waals surface area contributed by atoms with Gasteiger partial charge in [0.1, 0.15) is 0 Å². The fourth-order valence-corrected chi connectivity index (χ4v) is 0.559. The first-order chi connectivity index (χ1) is 3.79. The Balaban J connectivity index is 0. The Morgan fingerprint density at radius 2 is 1.30 bits per heavy atom. The first-order valence-electron chi connectivity index (χ1n) is 2.40. The number of hydrogen-bond acceptors (Lipinski definition) is 4. The molecule has 0 fully saturated rings. The zero-order valence-electron chi connectivity index (χ0n) is 5.88. The molecule has 10 N–H and O–H groups in total. The Bertz CT molecular complexity index is 170. The molecular weight excluding hydrogens is 128 g/mol. The fraction of sp³-hybridized carbons (Fsp3) is 0. The minimum absolute atomic E-state index is 0. The summed E-state index contributed by atoms with van der Waals surface area (Å²) >= 11 is 0. The second-order valence-corrected chi connectivity index (χ2v) is 1.67. The second kappa shape index (κ2) is 4.60. The lowest BCUT2D eigenvalue weighted by Gasteiger charge is -1.91. The van der Waals surface area contributed by atoms with E-state index in [2.05, 4.69) is 0 Å².